The second-order valence-corrected chi connectivity index (χ2v) is 10.0. The third kappa shape index (κ3) is 4.53. The maximum atomic E-state index is 14.0. The zero-order chi connectivity index (χ0) is 22.2. The fourth-order valence-electron chi connectivity index (χ4n) is 3.69. The van der Waals surface area contributed by atoms with Crippen molar-refractivity contribution in [2.24, 2.45) is 7.05 Å². The molecule has 0 spiro atoms. The molecule has 1 N–H and O–H groups in total. The molecular weight excluding hydrogens is 403 g/mol. The highest BCUT2D eigenvalue weighted by Crippen LogP contribution is 2.47. The van der Waals surface area contributed by atoms with Crippen LogP contribution in [0.15, 0.2) is 24.3 Å². The van der Waals surface area contributed by atoms with Gasteiger partial charge in [-0.05, 0) is 31.5 Å². The lowest BCUT2D eigenvalue weighted by molar-refractivity contribution is -0.123. The molecule has 1 aromatic carbocycles. The molecule has 0 saturated carbocycles. The van der Waals surface area contributed by atoms with E-state index in [1.165, 1.54) is 28.8 Å². The lowest BCUT2D eigenvalue weighted by atomic mass is 9.87. The summed E-state index contributed by atoms with van der Waals surface area (Å²) in [6, 6.07) is 6.44. The van der Waals surface area contributed by atoms with E-state index in [9.17, 15) is 14.0 Å². The van der Waals surface area contributed by atoms with Gasteiger partial charge in [-0.25, -0.2) is 4.39 Å². The third-order valence-electron chi connectivity index (χ3n) is 4.86. The molecule has 6 nitrogen and oxygen atoms in total. The minimum absolute atomic E-state index is 0.0230. The van der Waals surface area contributed by atoms with Crippen LogP contribution in [0.1, 0.15) is 56.7 Å². The first-order valence-corrected chi connectivity index (χ1v) is 11.1. The zero-order valence-electron chi connectivity index (χ0n) is 18.3. The first-order chi connectivity index (χ1) is 14.0. The molecule has 1 aliphatic heterocycles. The van der Waals surface area contributed by atoms with Gasteiger partial charge in [0.15, 0.2) is 0 Å². The van der Waals surface area contributed by atoms with Gasteiger partial charge in [-0.2, -0.15) is 5.10 Å². The van der Waals surface area contributed by atoms with Crippen LogP contribution in [0.3, 0.4) is 0 Å². The molecular formula is C22H29FN4O2S. The number of rotatable bonds is 4. The molecule has 0 aliphatic carbocycles. The van der Waals surface area contributed by atoms with E-state index in [-0.39, 0.29) is 46.6 Å². The van der Waals surface area contributed by atoms with E-state index in [1.54, 1.807) is 17.8 Å². The quantitative estimate of drug-likeness (QED) is 0.802. The van der Waals surface area contributed by atoms with Gasteiger partial charge in [0.05, 0.1) is 16.7 Å². The molecule has 0 bridgehead atoms. The van der Waals surface area contributed by atoms with E-state index in [1.807, 2.05) is 19.9 Å². The van der Waals surface area contributed by atoms with Crippen molar-refractivity contribution in [3.8, 4) is 0 Å². The van der Waals surface area contributed by atoms with Crippen LogP contribution in [0, 0.1) is 5.82 Å². The fourth-order valence-corrected chi connectivity index (χ4v) is 4.88. The minimum Gasteiger partial charge on any atom is -0.352 e. The molecule has 2 aromatic rings. The number of anilines is 1. The maximum Gasteiger partial charge on any atom is 0.240 e. The molecule has 1 aliphatic rings. The molecule has 0 radical (unpaired) electrons. The number of benzene rings is 1. The topological polar surface area (TPSA) is 67.2 Å². The summed E-state index contributed by atoms with van der Waals surface area (Å²) in [5.74, 6) is 0.0798. The molecule has 1 aromatic heterocycles. The molecule has 162 valence electrons. The van der Waals surface area contributed by atoms with Gasteiger partial charge in [0, 0.05) is 24.1 Å². The molecule has 0 saturated heterocycles. The Morgan fingerprint density at radius 1 is 1.37 bits per heavy atom. The summed E-state index contributed by atoms with van der Waals surface area (Å²) in [7, 11) is 1.79. The van der Waals surface area contributed by atoms with Crippen molar-refractivity contribution in [2.75, 3.05) is 17.2 Å². The first-order valence-electron chi connectivity index (χ1n) is 10.0. The van der Waals surface area contributed by atoms with Crippen LogP contribution < -0.4 is 10.2 Å². The third-order valence-corrected chi connectivity index (χ3v) is 6.11. The van der Waals surface area contributed by atoms with Gasteiger partial charge >= 0.3 is 0 Å². The van der Waals surface area contributed by atoms with Crippen molar-refractivity contribution in [1.29, 1.82) is 0 Å². The number of carbonyl (C=O) groups is 2. The Labute approximate surface area is 181 Å². The Hall–Kier alpha value is -2.35. The summed E-state index contributed by atoms with van der Waals surface area (Å²) >= 11 is 1.44. The van der Waals surface area contributed by atoms with E-state index in [2.05, 4.69) is 26.1 Å². The smallest absolute Gasteiger partial charge is 0.240 e. The van der Waals surface area contributed by atoms with E-state index >= 15 is 0 Å². The maximum absolute atomic E-state index is 14.0. The second kappa shape index (κ2) is 8.41. The molecule has 8 heteroatoms. The molecule has 3 rings (SSSR count). The molecule has 2 amide bonds. The van der Waals surface area contributed by atoms with Crippen LogP contribution in [0.2, 0.25) is 0 Å². The zero-order valence-corrected chi connectivity index (χ0v) is 19.1. The minimum atomic E-state index is -0.320. The summed E-state index contributed by atoms with van der Waals surface area (Å²) in [4.78, 5) is 27.1. The number of nitrogens with zero attached hydrogens (tertiary/aromatic N) is 3. The van der Waals surface area contributed by atoms with Crippen molar-refractivity contribution >= 4 is 29.4 Å². The lowest BCUT2D eigenvalue weighted by Gasteiger charge is -2.24. The lowest BCUT2D eigenvalue weighted by Crippen LogP contribution is -2.44. The molecule has 2 heterocycles. The van der Waals surface area contributed by atoms with Crippen molar-refractivity contribution in [3.05, 3.63) is 46.9 Å². The number of aryl methyl sites for hydroxylation is 1. The first kappa shape index (κ1) is 22.3. The van der Waals surface area contributed by atoms with Crippen molar-refractivity contribution in [1.82, 2.24) is 15.1 Å². The highest BCUT2D eigenvalue weighted by molar-refractivity contribution is 8.00. The van der Waals surface area contributed by atoms with Crippen molar-refractivity contribution < 1.29 is 14.0 Å². The number of thioether (sulfide) groups is 1. The van der Waals surface area contributed by atoms with Gasteiger partial charge in [0.1, 0.15) is 18.2 Å². The average Bonchev–Trinajstić information content (AvgIpc) is 2.89. The van der Waals surface area contributed by atoms with Gasteiger partial charge < -0.3 is 5.32 Å². The number of halogens is 1. The van der Waals surface area contributed by atoms with Gasteiger partial charge in [0.2, 0.25) is 11.8 Å². The highest BCUT2D eigenvalue weighted by Gasteiger charge is 2.38. The van der Waals surface area contributed by atoms with Crippen molar-refractivity contribution in [2.45, 2.75) is 51.3 Å². The Kier molecular flexibility index (Phi) is 6.26. The van der Waals surface area contributed by atoms with Crippen LogP contribution in [0.25, 0.3) is 0 Å². The Bertz CT molecular complexity index is 965. The summed E-state index contributed by atoms with van der Waals surface area (Å²) < 4.78 is 15.7. The molecule has 30 heavy (non-hydrogen) atoms. The Morgan fingerprint density at radius 3 is 2.67 bits per heavy atom. The van der Waals surface area contributed by atoms with E-state index in [0.29, 0.717) is 5.82 Å². The molecule has 1 atom stereocenters. The van der Waals surface area contributed by atoms with Crippen LogP contribution in [0.5, 0.6) is 0 Å². The van der Waals surface area contributed by atoms with Crippen LogP contribution in [-0.4, -0.2) is 39.9 Å². The normalized spacial score (nSPS) is 17.1. The SMILES string of the molecule is CC(C)NC(=O)CN1C(=O)CSC(c2cccc(F)c2)c2c(C(C)(C)C)nn(C)c21. The number of hydrogen-bond acceptors (Lipinski definition) is 4. The number of aromatic nitrogens is 2. The van der Waals surface area contributed by atoms with E-state index < -0.39 is 0 Å². The van der Waals surface area contributed by atoms with Crippen molar-refractivity contribution in [3.63, 3.8) is 0 Å². The summed E-state index contributed by atoms with van der Waals surface area (Å²) in [6.07, 6.45) is 0. The summed E-state index contributed by atoms with van der Waals surface area (Å²) in [6.45, 7) is 9.86. The van der Waals surface area contributed by atoms with E-state index in [4.69, 9.17) is 5.10 Å². The number of nitrogens with one attached hydrogen (secondary N) is 1. The number of amides is 2. The number of hydrogen-bond donors (Lipinski definition) is 1. The Balaban J connectivity index is 2.18. The molecule has 1 unspecified atom stereocenters. The standard InChI is InChI=1S/C22H29FN4O2S/c1-13(2)24-16(28)11-27-17(29)12-30-19(14-8-7-9-15(23)10-14)18-20(22(3,4)5)25-26(6)21(18)27/h7-10,13,19H,11-12H2,1-6H3,(H,24,28). The fraction of sp³-hybridized carbons (Fsp3) is 0.500. The second-order valence-electron chi connectivity index (χ2n) is 8.91. The number of fused-ring (bicyclic) bond motifs is 1. The molecule has 0 fully saturated rings. The summed E-state index contributed by atoms with van der Waals surface area (Å²) in [5, 5.41) is 7.33. The van der Waals surface area contributed by atoms with Gasteiger partial charge in [0.25, 0.3) is 0 Å². The number of carbonyl (C=O) groups excluding carboxylic acids is 2. The van der Waals surface area contributed by atoms with Gasteiger partial charge in [-0.1, -0.05) is 32.9 Å². The monoisotopic (exact) mass is 432 g/mol. The Morgan fingerprint density at radius 2 is 2.07 bits per heavy atom. The summed E-state index contributed by atoms with van der Waals surface area (Å²) in [5.41, 5.74) is 2.19. The van der Waals surface area contributed by atoms with Crippen LogP contribution in [-0.2, 0) is 22.1 Å². The average molecular weight is 433 g/mol. The highest BCUT2D eigenvalue weighted by atomic mass is 32.2. The van der Waals surface area contributed by atoms with Gasteiger partial charge in [-0.15, -0.1) is 11.8 Å². The van der Waals surface area contributed by atoms with Crippen LogP contribution in [0.4, 0.5) is 10.2 Å². The largest absolute Gasteiger partial charge is 0.352 e. The van der Waals surface area contributed by atoms with E-state index in [0.717, 1.165) is 16.8 Å². The predicted molar refractivity (Wildman–Crippen MR) is 118 cm³/mol. The van der Waals surface area contributed by atoms with Crippen LogP contribution >= 0.6 is 11.8 Å². The van der Waals surface area contributed by atoms with Gasteiger partial charge in [-0.3, -0.25) is 19.2 Å². The predicted octanol–water partition coefficient (Wildman–Crippen LogP) is 3.55.